The Morgan fingerprint density at radius 2 is 1.78 bits per heavy atom. The van der Waals surface area contributed by atoms with E-state index in [1.807, 2.05) is 19.9 Å². The molecule has 180 valence electrons. The highest BCUT2D eigenvalue weighted by Gasteiger charge is 2.42. The number of phenols is 1. The summed E-state index contributed by atoms with van der Waals surface area (Å²) in [5.74, 6) is -0.200. The van der Waals surface area contributed by atoms with E-state index in [2.05, 4.69) is 0 Å². The number of cyclic esters (lactones) is 1. The fourth-order valence-corrected chi connectivity index (χ4v) is 6.45. The number of esters is 1. The second-order valence-corrected chi connectivity index (χ2v) is 11.9. The van der Waals surface area contributed by atoms with Gasteiger partial charge in [0.1, 0.15) is 23.7 Å². The Kier molecular flexibility index (Phi) is 8.73. The molecule has 0 spiro atoms. The van der Waals surface area contributed by atoms with Crippen LogP contribution < -0.4 is 4.74 Å². The van der Waals surface area contributed by atoms with Crippen LogP contribution in [0, 0.1) is 6.92 Å². The van der Waals surface area contributed by atoms with Crippen molar-refractivity contribution >= 4 is 21.2 Å². The minimum Gasteiger partial charge on any atom is -0.507 e. The van der Waals surface area contributed by atoms with E-state index in [4.69, 9.17) is 29.0 Å². The van der Waals surface area contributed by atoms with Crippen molar-refractivity contribution in [3.63, 3.8) is 0 Å². The molecule has 0 bridgehead atoms. The number of unbranched alkanes of at least 4 members (excludes halogenated alkanes) is 2. The maximum absolute atomic E-state index is 12.0. The molecule has 12 heteroatoms. The predicted molar refractivity (Wildman–Crippen MR) is 117 cm³/mol. The Bertz CT molecular complexity index is 967. The van der Waals surface area contributed by atoms with Gasteiger partial charge in [0, 0.05) is 11.1 Å². The number of methoxy groups -OCH3 is 1. The number of hydrogen-bond acceptors (Lipinski definition) is 6. The second-order valence-electron chi connectivity index (χ2n) is 7.93. The molecule has 0 unspecified atom stereocenters. The van der Waals surface area contributed by atoms with Gasteiger partial charge in [-0.2, -0.15) is 0 Å². The molecule has 0 aliphatic carbocycles. The fraction of sp³-hybridized carbons (Fsp3) is 0.550. The fourth-order valence-electron chi connectivity index (χ4n) is 3.85. The molecule has 5 N–H and O–H groups in total. The molecule has 0 radical (unpaired) electrons. The van der Waals surface area contributed by atoms with Gasteiger partial charge in [-0.3, -0.25) is 9.13 Å². The highest BCUT2D eigenvalue weighted by molar-refractivity contribution is 7.70. The molecule has 1 aromatic carbocycles. The third-order valence-corrected chi connectivity index (χ3v) is 9.49. The molecule has 2 rings (SSSR count). The molecule has 1 aliphatic heterocycles. The first kappa shape index (κ1) is 26.6. The van der Waals surface area contributed by atoms with Crippen LogP contribution in [0.3, 0.4) is 0 Å². The maximum Gasteiger partial charge on any atom is 0.342 e. The zero-order valence-electron chi connectivity index (χ0n) is 18.3. The standard InChI is InChI=1S/C20H30O10P2/c1-12(7-5-4-6-8-16(31(23,24)25)32(26,27)28)9-10-14-18(21)17-15(11-30-20(17)22)13(2)19(14)29-3/h9,16,21H,4-8,10-11H2,1-3H3,(H2,23,24,25)(H2,26,27,28). The normalized spacial score (nSPS) is 14.6. The third-order valence-electron chi connectivity index (χ3n) is 5.61. The summed E-state index contributed by atoms with van der Waals surface area (Å²) < 4.78 is 33.1. The Hall–Kier alpha value is -1.67. The molecule has 0 amide bonds. The largest absolute Gasteiger partial charge is 0.507 e. The van der Waals surface area contributed by atoms with Crippen LogP contribution in [0.4, 0.5) is 0 Å². The zero-order valence-corrected chi connectivity index (χ0v) is 20.1. The lowest BCUT2D eigenvalue weighted by atomic mass is 9.94. The highest BCUT2D eigenvalue weighted by Crippen LogP contribution is 2.61. The molecule has 1 heterocycles. The van der Waals surface area contributed by atoms with Crippen molar-refractivity contribution in [2.24, 2.45) is 0 Å². The van der Waals surface area contributed by atoms with Crippen molar-refractivity contribution in [1.29, 1.82) is 0 Å². The molecule has 0 fully saturated rings. The number of benzene rings is 1. The van der Waals surface area contributed by atoms with Gasteiger partial charge in [-0.1, -0.05) is 24.5 Å². The quantitative estimate of drug-likeness (QED) is 0.133. The Balaban J connectivity index is 1.98. The van der Waals surface area contributed by atoms with Crippen molar-refractivity contribution in [2.45, 2.75) is 64.4 Å². The van der Waals surface area contributed by atoms with E-state index in [-0.39, 0.29) is 30.8 Å². The summed E-state index contributed by atoms with van der Waals surface area (Å²) in [6, 6.07) is 0. The second kappa shape index (κ2) is 10.5. The van der Waals surface area contributed by atoms with Crippen LogP contribution in [0.1, 0.15) is 66.1 Å². The molecule has 1 aliphatic rings. The lowest BCUT2D eigenvalue weighted by Gasteiger charge is -2.19. The van der Waals surface area contributed by atoms with Crippen LogP contribution >= 0.6 is 15.2 Å². The van der Waals surface area contributed by atoms with Crippen LogP contribution in [0.15, 0.2) is 11.6 Å². The summed E-state index contributed by atoms with van der Waals surface area (Å²) in [5.41, 5.74) is 3.03. The SMILES string of the molecule is COc1c(C)c2c(c(O)c1CC=C(C)CCCCCC(P(=O)(O)O)P(=O)(O)O)C(=O)OC2. The Morgan fingerprint density at radius 1 is 1.16 bits per heavy atom. The molecular weight excluding hydrogens is 462 g/mol. The van der Waals surface area contributed by atoms with E-state index < -0.39 is 26.6 Å². The van der Waals surface area contributed by atoms with Gasteiger partial charge in [0.05, 0.1) is 7.11 Å². The minimum atomic E-state index is -4.88. The molecule has 10 nitrogen and oxygen atoms in total. The monoisotopic (exact) mass is 492 g/mol. The smallest absolute Gasteiger partial charge is 0.342 e. The van der Waals surface area contributed by atoms with E-state index in [0.29, 0.717) is 42.6 Å². The van der Waals surface area contributed by atoms with Crippen LogP contribution in [0.2, 0.25) is 0 Å². The Morgan fingerprint density at radius 3 is 2.34 bits per heavy atom. The van der Waals surface area contributed by atoms with E-state index >= 15 is 0 Å². The number of ether oxygens (including phenoxy) is 2. The summed E-state index contributed by atoms with van der Waals surface area (Å²) in [7, 11) is -8.27. The third kappa shape index (κ3) is 6.22. The molecular formula is C20H30O10P2. The van der Waals surface area contributed by atoms with Gasteiger partial charge < -0.3 is 34.2 Å². The number of phenolic OH excluding ortho intramolecular Hbond substituents is 1. The van der Waals surface area contributed by atoms with Gasteiger partial charge in [-0.05, 0) is 45.1 Å². The summed E-state index contributed by atoms with van der Waals surface area (Å²) in [6.07, 6.45) is 4.11. The predicted octanol–water partition coefficient (Wildman–Crippen LogP) is 3.50. The first-order valence-corrected chi connectivity index (χ1v) is 13.5. The number of aromatic hydroxyl groups is 1. The van der Waals surface area contributed by atoms with Crippen molar-refractivity contribution in [3.8, 4) is 11.5 Å². The Labute approximate surface area is 186 Å². The van der Waals surface area contributed by atoms with Crippen molar-refractivity contribution in [3.05, 3.63) is 33.9 Å². The van der Waals surface area contributed by atoms with E-state index in [0.717, 1.165) is 11.1 Å². The summed E-state index contributed by atoms with van der Waals surface area (Å²) in [6.45, 7) is 3.80. The molecule has 0 aromatic heterocycles. The van der Waals surface area contributed by atoms with E-state index in [9.17, 15) is 19.0 Å². The number of hydrogen-bond donors (Lipinski definition) is 5. The van der Waals surface area contributed by atoms with E-state index in [1.165, 1.54) is 7.11 Å². The first-order chi connectivity index (χ1) is 14.8. The van der Waals surface area contributed by atoms with Gasteiger partial charge in [-0.15, -0.1) is 0 Å². The molecule has 1 aromatic rings. The highest BCUT2D eigenvalue weighted by atomic mass is 31.2. The minimum absolute atomic E-state index is 0.101. The number of carbonyl (C=O) groups excluding carboxylic acids is 1. The van der Waals surface area contributed by atoms with Gasteiger partial charge in [0.2, 0.25) is 0 Å². The molecule has 0 atom stereocenters. The summed E-state index contributed by atoms with van der Waals surface area (Å²) >= 11 is 0. The lowest BCUT2D eigenvalue weighted by molar-refractivity contribution is 0.0532. The molecule has 0 saturated heterocycles. The number of fused-ring (bicyclic) bond motifs is 1. The number of carbonyl (C=O) groups is 1. The van der Waals surface area contributed by atoms with Crippen molar-refractivity contribution in [1.82, 2.24) is 0 Å². The number of rotatable bonds is 11. The average molecular weight is 492 g/mol. The van der Waals surface area contributed by atoms with Gasteiger partial charge >= 0.3 is 21.2 Å². The van der Waals surface area contributed by atoms with Crippen LogP contribution in [-0.4, -0.2) is 43.2 Å². The summed E-state index contributed by atoms with van der Waals surface area (Å²) in [5, 5.41) is 8.66. The zero-order chi connectivity index (χ0) is 24.3. The van der Waals surface area contributed by atoms with Crippen molar-refractivity contribution in [2.75, 3.05) is 7.11 Å². The first-order valence-electron chi connectivity index (χ1n) is 10.1. The van der Waals surface area contributed by atoms with Gasteiger partial charge in [-0.25, -0.2) is 4.79 Å². The summed E-state index contributed by atoms with van der Waals surface area (Å²) in [4.78, 5) is 48.5. The number of allylic oxidation sites excluding steroid dienone is 2. The molecule has 0 saturated carbocycles. The van der Waals surface area contributed by atoms with Crippen LogP contribution in [0.25, 0.3) is 0 Å². The van der Waals surface area contributed by atoms with Gasteiger partial charge in [0.15, 0.2) is 5.40 Å². The topological polar surface area (TPSA) is 171 Å². The average Bonchev–Trinajstić information content (AvgIpc) is 3.06. The van der Waals surface area contributed by atoms with E-state index in [1.54, 1.807) is 0 Å². The van der Waals surface area contributed by atoms with Crippen LogP contribution in [0.5, 0.6) is 11.5 Å². The maximum atomic E-state index is 12.0. The van der Waals surface area contributed by atoms with Gasteiger partial charge in [0.25, 0.3) is 0 Å². The lowest BCUT2D eigenvalue weighted by Crippen LogP contribution is -2.09. The molecule has 32 heavy (non-hydrogen) atoms. The van der Waals surface area contributed by atoms with Crippen molar-refractivity contribution < 1.29 is 48.1 Å². The van der Waals surface area contributed by atoms with Crippen LogP contribution in [-0.2, 0) is 26.9 Å².